The Balaban J connectivity index is 1.62. The Bertz CT molecular complexity index is 1320. The average molecular weight is 487 g/mol. The first-order chi connectivity index (χ1) is 15.5. The lowest BCUT2D eigenvalue weighted by atomic mass is 10.1. The number of amides is 2. The molecular formula is C24H23ClN2O5S. The third kappa shape index (κ3) is 6.57. The number of rotatable bonds is 7. The number of halogens is 1. The standard InChI is InChI=1S/C24H23ClN2O5S/c1-15-7-9-19(11-16(15)2)32-14-23(28)26-18-8-10-22(21(25)13-18)27-24(29)17-5-4-6-20(12-17)33(3,30)31/h4-13H,14H2,1-3H3,(H,26,28)(H,27,29). The number of carbonyl (C=O) groups is 2. The molecule has 0 aromatic heterocycles. The van der Waals surface area contributed by atoms with E-state index in [9.17, 15) is 18.0 Å². The first kappa shape index (κ1) is 24.3. The zero-order valence-corrected chi connectivity index (χ0v) is 19.9. The zero-order chi connectivity index (χ0) is 24.2. The van der Waals surface area contributed by atoms with E-state index in [4.69, 9.17) is 16.3 Å². The van der Waals surface area contributed by atoms with Gasteiger partial charge in [0.15, 0.2) is 16.4 Å². The smallest absolute Gasteiger partial charge is 0.262 e. The molecule has 0 aliphatic carbocycles. The van der Waals surface area contributed by atoms with Gasteiger partial charge in [-0.15, -0.1) is 0 Å². The molecule has 3 rings (SSSR count). The van der Waals surface area contributed by atoms with Crippen LogP contribution in [0.15, 0.2) is 65.6 Å². The number of aryl methyl sites for hydroxylation is 2. The van der Waals surface area contributed by atoms with Crippen molar-refractivity contribution in [3.63, 3.8) is 0 Å². The van der Waals surface area contributed by atoms with Crippen LogP contribution in [0.25, 0.3) is 0 Å². The van der Waals surface area contributed by atoms with E-state index < -0.39 is 15.7 Å². The molecule has 0 fully saturated rings. The summed E-state index contributed by atoms with van der Waals surface area (Å²) in [6, 6.07) is 15.9. The third-order valence-corrected chi connectivity index (χ3v) is 6.30. The van der Waals surface area contributed by atoms with Crippen molar-refractivity contribution < 1.29 is 22.7 Å². The monoisotopic (exact) mass is 486 g/mol. The van der Waals surface area contributed by atoms with Crippen LogP contribution in [0.4, 0.5) is 11.4 Å². The molecule has 172 valence electrons. The van der Waals surface area contributed by atoms with Crippen molar-refractivity contribution in [2.24, 2.45) is 0 Å². The number of sulfone groups is 1. The first-order valence-corrected chi connectivity index (χ1v) is 12.2. The summed E-state index contributed by atoms with van der Waals surface area (Å²) in [6.45, 7) is 3.79. The summed E-state index contributed by atoms with van der Waals surface area (Å²) >= 11 is 6.26. The van der Waals surface area contributed by atoms with Gasteiger partial charge in [-0.25, -0.2) is 8.42 Å². The minimum atomic E-state index is -3.44. The Morgan fingerprint density at radius 1 is 0.939 bits per heavy atom. The summed E-state index contributed by atoms with van der Waals surface area (Å²) in [7, 11) is -3.44. The quantitative estimate of drug-likeness (QED) is 0.507. The number of nitrogens with one attached hydrogen (secondary N) is 2. The summed E-state index contributed by atoms with van der Waals surface area (Å²) in [4.78, 5) is 24.8. The summed E-state index contributed by atoms with van der Waals surface area (Å²) in [6.07, 6.45) is 1.07. The van der Waals surface area contributed by atoms with Crippen molar-refractivity contribution >= 4 is 44.6 Å². The van der Waals surface area contributed by atoms with E-state index in [2.05, 4.69) is 10.6 Å². The fraction of sp³-hybridized carbons (Fsp3) is 0.167. The van der Waals surface area contributed by atoms with E-state index in [0.717, 1.165) is 17.4 Å². The van der Waals surface area contributed by atoms with Crippen LogP contribution >= 0.6 is 11.6 Å². The Labute approximate surface area is 197 Å². The van der Waals surface area contributed by atoms with E-state index in [-0.39, 0.29) is 28.0 Å². The molecule has 3 aromatic carbocycles. The molecule has 7 nitrogen and oxygen atoms in total. The fourth-order valence-corrected chi connectivity index (χ4v) is 3.80. The van der Waals surface area contributed by atoms with Crippen LogP contribution in [0.5, 0.6) is 5.75 Å². The van der Waals surface area contributed by atoms with Crippen LogP contribution in [0, 0.1) is 13.8 Å². The van der Waals surface area contributed by atoms with Gasteiger partial charge in [0.05, 0.1) is 15.6 Å². The second-order valence-electron chi connectivity index (χ2n) is 7.53. The molecule has 9 heteroatoms. The van der Waals surface area contributed by atoms with E-state index in [1.54, 1.807) is 18.2 Å². The highest BCUT2D eigenvalue weighted by Gasteiger charge is 2.14. The van der Waals surface area contributed by atoms with Crippen LogP contribution in [0.2, 0.25) is 5.02 Å². The number of benzene rings is 3. The minimum Gasteiger partial charge on any atom is -0.484 e. The van der Waals surface area contributed by atoms with E-state index in [1.165, 1.54) is 30.3 Å². The molecule has 0 bridgehead atoms. The number of carbonyl (C=O) groups excluding carboxylic acids is 2. The lowest BCUT2D eigenvalue weighted by molar-refractivity contribution is -0.118. The van der Waals surface area contributed by atoms with Crippen LogP contribution < -0.4 is 15.4 Å². The van der Waals surface area contributed by atoms with Gasteiger partial charge >= 0.3 is 0 Å². The van der Waals surface area contributed by atoms with Gasteiger partial charge in [0, 0.05) is 17.5 Å². The van der Waals surface area contributed by atoms with Crippen LogP contribution in [-0.4, -0.2) is 33.1 Å². The molecule has 2 N–H and O–H groups in total. The van der Waals surface area contributed by atoms with E-state index in [1.807, 2.05) is 26.0 Å². The predicted molar refractivity (Wildman–Crippen MR) is 129 cm³/mol. The van der Waals surface area contributed by atoms with Gasteiger partial charge < -0.3 is 15.4 Å². The summed E-state index contributed by atoms with van der Waals surface area (Å²) in [5, 5.41) is 5.53. The summed E-state index contributed by atoms with van der Waals surface area (Å²) in [5.41, 5.74) is 3.13. The van der Waals surface area contributed by atoms with Crippen LogP contribution in [0.3, 0.4) is 0 Å². The van der Waals surface area contributed by atoms with Gasteiger partial charge in [0.25, 0.3) is 11.8 Å². The highest BCUT2D eigenvalue weighted by molar-refractivity contribution is 7.90. The zero-order valence-electron chi connectivity index (χ0n) is 18.3. The molecule has 0 saturated carbocycles. The van der Waals surface area contributed by atoms with Gasteiger partial charge in [0.2, 0.25) is 0 Å². The molecule has 0 atom stereocenters. The Hall–Kier alpha value is -3.36. The van der Waals surface area contributed by atoms with Crippen molar-refractivity contribution in [2.75, 3.05) is 23.5 Å². The van der Waals surface area contributed by atoms with Crippen molar-refractivity contribution in [1.29, 1.82) is 0 Å². The van der Waals surface area contributed by atoms with E-state index in [0.29, 0.717) is 17.1 Å². The Kier molecular flexibility index (Phi) is 7.40. The van der Waals surface area contributed by atoms with Crippen LogP contribution in [0.1, 0.15) is 21.5 Å². The molecule has 0 radical (unpaired) electrons. The average Bonchev–Trinajstić information content (AvgIpc) is 2.76. The first-order valence-electron chi connectivity index (χ1n) is 9.94. The Morgan fingerprint density at radius 2 is 1.70 bits per heavy atom. The maximum atomic E-state index is 12.5. The molecule has 0 heterocycles. The van der Waals surface area contributed by atoms with Crippen molar-refractivity contribution in [1.82, 2.24) is 0 Å². The molecule has 0 spiro atoms. The highest BCUT2D eigenvalue weighted by atomic mass is 35.5. The predicted octanol–water partition coefficient (Wildman–Crippen LogP) is 4.63. The molecule has 0 unspecified atom stereocenters. The van der Waals surface area contributed by atoms with Crippen molar-refractivity contribution in [3.8, 4) is 5.75 Å². The second kappa shape index (κ2) is 10.1. The topological polar surface area (TPSA) is 102 Å². The normalized spacial score (nSPS) is 11.0. The van der Waals surface area contributed by atoms with Crippen molar-refractivity contribution in [2.45, 2.75) is 18.7 Å². The number of hydrogen-bond donors (Lipinski definition) is 2. The van der Waals surface area contributed by atoms with Gasteiger partial charge in [-0.1, -0.05) is 23.7 Å². The maximum absolute atomic E-state index is 12.5. The summed E-state index contributed by atoms with van der Waals surface area (Å²) in [5.74, 6) is -0.274. The molecule has 33 heavy (non-hydrogen) atoms. The highest BCUT2D eigenvalue weighted by Crippen LogP contribution is 2.26. The lowest BCUT2D eigenvalue weighted by Gasteiger charge is -2.11. The molecule has 2 amide bonds. The van der Waals surface area contributed by atoms with Gasteiger partial charge in [-0.05, 0) is 73.5 Å². The number of hydrogen-bond acceptors (Lipinski definition) is 5. The second-order valence-corrected chi connectivity index (χ2v) is 9.95. The molecular weight excluding hydrogens is 464 g/mol. The largest absolute Gasteiger partial charge is 0.484 e. The Morgan fingerprint density at radius 3 is 2.36 bits per heavy atom. The van der Waals surface area contributed by atoms with Gasteiger partial charge in [-0.2, -0.15) is 0 Å². The molecule has 0 saturated heterocycles. The summed E-state index contributed by atoms with van der Waals surface area (Å²) < 4.78 is 28.9. The van der Waals surface area contributed by atoms with Gasteiger partial charge in [-0.3, -0.25) is 9.59 Å². The van der Waals surface area contributed by atoms with E-state index >= 15 is 0 Å². The fourth-order valence-electron chi connectivity index (χ4n) is 2.91. The van der Waals surface area contributed by atoms with Crippen molar-refractivity contribution in [3.05, 3.63) is 82.4 Å². The van der Waals surface area contributed by atoms with Crippen LogP contribution in [-0.2, 0) is 14.6 Å². The molecule has 0 aliphatic heterocycles. The third-order valence-electron chi connectivity index (χ3n) is 4.87. The maximum Gasteiger partial charge on any atom is 0.262 e. The number of ether oxygens (including phenoxy) is 1. The SMILES string of the molecule is Cc1ccc(OCC(=O)Nc2ccc(NC(=O)c3cccc(S(C)(=O)=O)c3)c(Cl)c2)cc1C. The lowest BCUT2D eigenvalue weighted by Crippen LogP contribution is -2.20. The minimum absolute atomic E-state index is 0.0438. The molecule has 3 aromatic rings. The number of anilines is 2. The van der Waals surface area contributed by atoms with Gasteiger partial charge in [0.1, 0.15) is 5.75 Å². The molecule has 0 aliphatic rings.